The molecular weight excluding hydrogens is 359 g/mol. The molecule has 5 nitrogen and oxygen atoms in total. The van der Waals surface area contributed by atoms with E-state index in [4.69, 9.17) is 4.42 Å². The van der Waals surface area contributed by atoms with E-state index in [0.29, 0.717) is 23.5 Å². The number of aromatic nitrogens is 2. The van der Waals surface area contributed by atoms with Crippen LogP contribution in [0.3, 0.4) is 0 Å². The normalized spacial score (nSPS) is 11.1. The fourth-order valence-corrected chi connectivity index (χ4v) is 2.68. The highest BCUT2D eigenvalue weighted by Crippen LogP contribution is 2.25. The van der Waals surface area contributed by atoms with Crippen LogP contribution in [0.4, 0.5) is 13.2 Å². The molecule has 0 bridgehead atoms. The molecule has 2 aromatic heterocycles. The average molecular weight is 377 g/mol. The molecule has 3 rings (SSSR count). The molecule has 0 aliphatic heterocycles. The van der Waals surface area contributed by atoms with E-state index in [2.05, 4.69) is 4.98 Å². The Labute approximate surface area is 154 Å². The van der Waals surface area contributed by atoms with Gasteiger partial charge in [-0.25, -0.2) is 9.37 Å². The summed E-state index contributed by atoms with van der Waals surface area (Å²) >= 11 is 0. The van der Waals surface area contributed by atoms with Gasteiger partial charge < -0.3 is 9.32 Å². The highest BCUT2D eigenvalue weighted by Gasteiger charge is 2.17. The first-order valence-electron chi connectivity index (χ1n) is 8.33. The van der Waals surface area contributed by atoms with E-state index < -0.39 is 6.55 Å². The topological polar surface area (TPSA) is 51.3 Å². The lowest BCUT2D eigenvalue weighted by atomic mass is 10.1. The summed E-state index contributed by atoms with van der Waals surface area (Å²) in [5.74, 6) is 0.430. The van der Waals surface area contributed by atoms with Gasteiger partial charge in [-0.2, -0.15) is 8.78 Å². The molecule has 0 spiro atoms. The number of aryl methyl sites for hydroxylation is 1. The van der Waals surface area contributed by atoms with E-state index in [1.807, 2.05) is 0 Å². The van der Waals surface area contributed by atoms with Crippen molar-refractivity contribution in [1.29, 1.82) is 0 Å². The molecule has 27 heavy (non-hydrogen) atoms. The quantitative estimate of drug-likeness (QED) is 0.618. The lowest BCUT2D eigenvalue weighted by Gasteiger charge is -2.17. The lowest BCUT2D eigenvalue weighted by molar-refractivity contribution is -0.130. The fourth-order valence-electron chi connectivity index (χ4n) is 2.68. The molecule has 0 atom stereocenters. The molecular formula is C19H18F3N3O2. The zero-order valence-corrected chi connectivity index (χ0v) is 14.6. The van der Waals surface area contributed by atoms with Gasteiger partial charge in [-0.15, -0.1) is 0 Å². The number of hydrogen-bond donors (Lipinski definition) is 0. The molecule has 0 radical (unpaired) electrons. The van der Waals surface area contributed by atoms with E-state index in [9.17, 15) is 18.0 Å². The molecule has 0 saturated carbocycles. The van der Waals surface area contributed by atoms with Crippen LogP contribution in [0.15, 0.2) is 53.2 Å². The molecule has 0 fully saturated rings. The molecule has 0 saturated heterocycles. The van der Waals surface area contributed by atoms with Crippen molar-refractivity contribution < 1.29 is 22.4 Å². The summed E-state index contributed by atoms with van der Waals surface area (Å²) in [5, 5.41) is 0. The summed E-state index contributed by atoms with van der Waals surface area (Å²) in [4.78, 5) is 17.4. The third-order valence-electron chi connectivity index (χ3n) is 4.15. The number of halogens is 3. The maximum Gasteiger partial charge on any atom is 0.319 e. The van der Waals surface area contributed by atoms with Crippen molar-refractivity contribution >= 4 is 5.91 Å². The van der Waals surface area contributed by atoms with Crippen molar-refractivity contribution in [2.75, 3.05) is 7.05 Å². The Morgan fingerprint density at radius 2 is 2.04 bits per heavy atom. The summed E-state index contributed by atoms with van der Waals surface area (Å²) in [6.45, 7) is -2.72. The Kier molecular flexibility index (Phi) is 5.63. The van der Waals surface area contributed by atoms with Crippen LogP contribution in [-0.4, -0.2) is 27.4 Å². The zero-order valence-electron chi connectivity index (χ0n) is 14.6. The number of benzene rings is 1. The van der Waals surface area contributed by atoms with E-state index in [-0.39, 0.29) is 30.5 Å². The number of carbonyl (C=O) groups excluding carboxylic acids is 1. The molecule has 8 heteroatoms. The van der Waals surface area contributed by atoms with Crippen LogP contribution in [0.25, 0.3) is 11.3 Å². The summed E-state index contributed by atoms with van der Waals surface area (Å²) in [6.07, 6.45) is 2.90. The predicted octanol–water partition coefficient (Wildman–Crippen LogP) is 4.27. The standard InChI is InChI=1S/C19H18F3N3O2/c1-24(12-17-23-10-11-25(17)19(21)22)18(26)9-7-13-6-8-16(27-13)14-4-2-3-5-15(14)20/h2-6,8,10-11,19H,7,9,12H2,1H3. The van der Waals surface area contributed by atoms with E-state index in [0.717, 1.165) is 4.57 Å². The SMILES string of the molecule is CN(Cc1nccn1C(F)F)C(=O)CCc1ccc(-c2ccccc2F)o1. The largest absolute Gasteiger partial charge is 0.461 e. The van der Waals surface area contributed by atoms with Gasteiger partial charge >= 0.3 is 6.55 Å². The van der Waals surface area contributed by atoms with Crippen LogP contribution in [0.2, 0.25) is 0 Å². The van der Waals surface area contributed by atoms with Gasteiger partial charge in [0.2, 0.25) is 5.91 Å². The van der Waals surface area contributed by atoms with Crippen LogP contribution in [0.5, 0.6) is 0 Å². The van der Waals surface area contributed by atoms with Gasteiger partial charge in [0.15, 0.2) is 0 Å². The molecule has 3 aromatic rings. The number of hydrogen-bond acceptors (Lipinski definition) is 3. The number of carbonyl (C=O) groups is 1. The Balaban J connectivity index is 1.58. The maximum absolute atomic E-state index is 13.8. The second-order valence-electron chi connectivity index (χ2n) is 6.02. The molecule has 0 aliphatic rings. The monoisotopic (exact) mass is 377 g/mol. The Hall–Kier alpha value is -3.03. The van der Waals surface area contributed by atoms with Crippen LogP contribution in [0, 0.1) is 5.82 Å². The highest BCUT2D eigenvalue weighted by molar-refractivity contribution is 5.76. The first-order chi connectivity index (χ1) is 13.0. The number of amides is 1. The molecule has 0 unspecified atom stereocenters. The van der Waals surface area contributed by atoms with E-state index in [1.54, 1.807) is 30.3 Å². The Morgan fingerprint density at radius 1 is 1.26 bits per heavy atom. The number of alkyl halides is 2. The number of imidazole rings is 1. The van der Waals surface area contributed by atoms with Gasteiger partial charge in [0, 0.05) is 32.3 Å². The van der Waals surface area contributed by atoms with E-state index >= 15 is 0 Å². The smallest absolute Gasteiger partial charge is 0.319 e. The number of nitrogens with zero attached hydrogens (tertiary/aromatic N) is 3. The summed E-state index contributed by atoms with van der Waals surface area (Å²) < 4.78 is 45.8. The molecule has 1 aromatic carbocycles. The minimum atomic E-state index is -2.70. The van der Waals surface area contributed by atoms with Crippen molar-refractivity contribution in [1.82, 2.24) is 14.5 Å². The highest BCUT2D eigenvalue weighted by atomic mass is 19.3. The van der Waals surface area contributed by atoms with Crippen molar-refractivity contribution in [2.45, 2.75) is 25.9 Å². The molecule has 2 heterocycles. The van der Waals surface area contributed by atoms with Gasteiger partial charge in [0.25, 0.3) is 0 Å². The van der Waals surface area contributed by atoms with Crippen LogP contribution in [-0.2, 0) is 17.8 Å². The Bertz CT molecular complexity index is 920. The van der Waals surface area contributed by atoms with Gasteiger partial charge in [0.05, 0.1) is 12.1 Å². The minimum Gasteiger partial charge on any atom is -0.461 e. The third-order valence-corrected chi connectivity index (χ3v) is 4.15. The van der Waals surface area contributed by atoms with Crippen molar-refractivity contribution in [3.8, 4) is 11.3 Å². The number of rotatable bonds is 7. The second kappa shape index (κ2) is 8.11. The lowest BCUT2D eigenvalue weighted by Crippen LogP contribution is -2.28. The van der Waals surface area contributed by atoms with Crippen molar-refractivity contribution in [2.24, 2.45) is 0 Å². The summed E-state index contributed by atoms with van der Waals surface area (Å²) in [5.41, 5.74) is 0.353. The van der Waals surface area contributed by atoms with Crippen LogP contribution < -0.4 is 0 Å². The van der Waals surface area contributed by atoms with E-state index in [1.165, 1.54) is 30.4 Å². The first kappa shape index (κ1) is 18.8. The first-order valence-corrected chi connectivity index (χ1v) is 8.33. The van der Waals surface area contributed by atoms with Crippen LogP contribution >= 0.6 is 0 Å². The van der Waals surface area contributed by atoms with Gasteiger partial charge in [-0.3, -0.25) is 9.36 Å². The average Bonchev–Trinajstić information content (AvgIpc) is 3.29. The number of furan rings is 1. The minimum absolute atomic E-state index is 0.0190. The fraction of sp³-hybridized carbons (Fsp3) is 0.263. The molecule has 0 aliphatic carbocycles. The Morgan fingerprint density at radius 3 is 2.78 bits per heavy atom. The van der Waals surface area contributed by atoms with Crippen LogP contribution in [0.1, 0.15) is 24.6 Å². The van der Waals surface area contributed by atoms with Crippen molar-refractivity contribution in [3.05, 3.63) is 66.2 Å². The van der Waals surface area contributed by atoms with Crippen molar-refractivity contribution in [3.63, 3.8) is 0 Å². The second-order valence-corrected chi connectivity index (χ2v) is 6.02. The van der Waals surface area contributed by atoms with Gasteiger partial charge in [-0.1, -0.05) is 12.1 Å². The molecule has 0 N–H and O–H groups in total. The van der Waals surface area contributed by atoms with Gasteiger partial charge in [0.1, 0.15) is 23.2 Å². The maximum atomic E-state index is 13.8. The molecule has 1 amide bonds. The predicted molar refractivity (Wildman–Crippen MR) is 92.4 cm³/mol. The third kappa shape index (κ3) is 4.39. The molecule has 142 valence electrons. The summed E-state index contributed by atoms with van der Waals surface area (Å²) in [7, 11) is 1.53. The van der Waals surface area contributed by atoms with Gasteiger partial charge in [-0.05, 0) is 24.3 Å². The summed E-state index contributed by atoms with van der Waals surface area (Å²) in [6, 6.07) is 9.61. The zero-order chi connectivity index (χ0) is 19.4.